The van der Waals surface area contributed by atoms with Gasteiger partial charge in [0, 0.05) is 12.1 Å². The molecule has 2 unspecified atom stereocenters. The summed E-state index contributed by atoms with van der Waals surface area (Å²) in [6.45, 7) is 3.83. The zero-order chi connectivity index (χ0) is 16.3. The number of pyridine rings is 1. The molecule has 2 aliphatic heterocycles. The molecular weight excluding hydrogens is 300 g/mol. The summed E-state index contributed by atoms with van der Waals surface area (Å²) in [6.07, 6.45) is 7.46. The molecule has 2 aliphatic carbocycles. The normalized spacial score (nSPS) is 40.3. The summed E-state index contributed by atoms with van der Waals surface area (Å²) in [5.41, 5.74) is 8.84. The van der Waals surface area contributed by atoms with Gasteiger partial charge < -0.3 is 20.7 Å². The summed E-state index contributed by atoms with van der Waals surface area (Å²) in [6, 6.07) is 6.51. The fourth-order valence-electron chi connectivity index (χ4n) is 5.54. The van der Waals surface area contributed by atoms with Crippen molar-refractivity contribution in [1.29, 1.82) is 0 Å². The van der Waals surface area contributed by atoms with E-state index in [2.05, 4.69) is 29.3 Å². The van der Waals surface area contributed by atoms with Crippen LogP contribution in [0, 0.1) is 12.3 Å². The van der Waals surface area contributed by atoms with E-state index in [0.29, 0.717) is 29.6 Å². The maximum absolute atomic E-state index is 5.96. The Labute approximate surface area is 144 Å². The maximum Gasteiger partial charge on any atom is 0.129 e. The minimum absolute atomic E-state index is 0.456. The molecule has 130 valence electrons. The number of rotatable bonds is 3. The Balaban J connectivity index is 1.26. The van der Waals surface area contributed by atoms with Crippen LogP contribution in [0.15, 0.2) is 12.1 Å². The number of ether oxygens (including phenoxy) is 1. The molecule has 1 aromatic heterocycles. The summed E-state index contributed by atoms with van der Waals surface area (Å²) >= 11 is 0. The first-order valence-electron chi connectivity index (χ1n) is 9.48. The number of aromatic nitrogens is 1. The number of hydrogen-bond donors (Lipinski definition) is 2. The van der Waals surface area contributed by atoms with Gasteiger partial charge in [-0.05, 0) is 63.0 Å². The Morgan fingerprint density at radius 1 is 1.17 bits per heavy atom. The van der Waals surface area contributed by atoms with Crippen molar-refractivity contribution in [3.63, 3.8) is 0 Å². The van der Waals surface area contributed by atoms with Gasteiger partial charge in [-0.3, -0.25) is 0 Å². The third kappa shape index (κ3) is 2.32. The predicted molar refractivity (Wildman–Crippen MR) is 95.4 cm³/mol. The van der Waals surface area contributed by atoms with Crippen molar-refractivity contribution in [1.82, 2.24) is 4.98 Å². The van der Waals surface area contributed by atoms with Crippen molar-refractivity contribution in [3.05, 3.63) is 17.8 Å². The highest BCUT2D eigenvalue weighted by atomic mass is 16.5. The number of nitrogens with one attached hydrogen (secondary N) is 1. The zero-order valence-corrected chi connectivity index (χ0v) is 14.5. The average Bonchev–Trinajstić information content (AvgIpc) is 2.74. The van der Waals surface area contributed by atoms with Crippen LogP contribution in [-0.2, 0) is 4.74 Å². The van der Waals surface area contributed by atoms with Gasteiger partial charge in [-0.1, -0.05) is 0 Å². The molecule has 5 heteroatoms. The average molecular weight is 328 g/mol. The molecule has 3 N–H and O–H groups in total. The van der Waals surface area contributed by atoms with E-state index in [4.69, 9.17) is 15.5 Å². The smallest absolute Gasteiger partial charge is 0.129 e. The second-order valence-corrected chi connectivity index (χ2v) is 8.55. The van der Waals surface area contributed by atoms with Crippen LogP contribution in [0.2, 0.25) is 0 Å². The highest BCUT2D eigenvalue weighted by molar-refractivity contribution is 5.56. The van der Waals surface area contributed by atoms with E-state index in [1.54, 1.807) is 0 Å². The standard InChI is InChI=1S/C19H28N4O/c1-12-17(22-14-8-19(9-14)6-13(20)7-19)4-5-18(21-12)23-15-2-3-16(23)11-24-10-15/h4-5,13-16,22H,2-3,6-11,20H2,1H3. The lowest BCUT2D eigenvalue weighted by atomic mass is 9.52. The van der Waals surface area contributed by atoms with Gasteiger partial charge in [0.15, 0.2) is 0 Å². The van der Waals surface area contributed by atoms with Crippen molar-refractivity contribution in [3.8, 4) is 0 Å². The Hall–Kier alpha value is -1.33. The van der Waals surface area contributed by atoms with E-state index < -0.39 is 0 Å². The fraction of sp³-hybridized carbons (Fsp3) is 0.737. The molecule has 3 heterocycles. The molecule has 5 rings (SSSR count). The van der Waals surface area contributed by atoms with Crippen LogP contribution in [0.3, 0.4) is 0 Å². The van der Waals surface area contributed by atoms with Crippen LogP contribution in [0.5, 0.6) is 0 Å². The SMILES string of the molecule is Cc1nc(N2C3CCC2COC3)ccc1NC1CC2(CC(N)C2)C1. The minimum atomic E-state index is 0.456. The van der Waals surface area contributed by atoms with Gasteiger partial charge >= 0.3 is 0 Å². The van der Waals surface area contributed by atoms with Crippen LogP contribution in [0.1, 0.15) is 44.2 Å². The second kappa shape index (κ2) is 5.33. The van der Waals surface area contributed by atoms with Crippen LogP contribution in [-0.4, -0.2) is 42.4 Å². The first kappa shape index (κ1) is 15.0. The summed E-state index contributed by atoms with van der Waals surface area (Å²) in [5.74, 6) is 1.13. The van der Waals surface area contributed by atoms with Gasteiger partial charge in [0.25, 0.3) is 0 Å². The molecule has 2 atom stereocenters. The molecule has 0 radical (unpaired) electrons. The number of nitrogens with two attached hydrogens (primary N) is 1. The molecule has 1 spiro atoms. The Bertz CT molecular complexity index is 618. The summed E-state index contributed by atoms with van der Waals surface area (Å²) in [4.78, 5) is 7.41. The molecule has 0 amide bonds. The van der Waals surface area contributed by atoms with Crippen LogP contribution >= 0.6 is 0 Å². The molecule has 1 aromatic rings. The van der Waals surface area contributed by atoms with Crippen molar-refractivity contribution < 1.29 is 4.74 Å². The number of morpholine rings is 1. The third-order valence-corrected chi connectivity index (χ3v) is 6.68. The van der Waals surface area contributed by atoms with E-state index >= 15 is 0 Å². The van der Waals surface area contributed by atoms with Crippen LogP contribution in [0.25, 0.3) is 0 Å². The van der Waals surface area contributed by atoms with Crippen molar-refractivity contribution >= 4 is 11.5 Å². The number of aryl methyl sites for hydroxylation is 1. The van der Waals surface area contributed by atoms with Crippen molar-refractivity contribution in [2.45, 2.75) is 69.6 Å². The third-order valence-electron chi connectivity index (χ3n) is 6.68. The lowest BCUT2D eigenvalue weighted by molar-refractivity contribution is 0.00118. The molecule has 5 nitrogen and oxygen atoms in total. The molecule has 4 fully saturated rings. The first-order valence-corrected chi connectivity index (χ1v) is 9.48. The number of fused-ring (bicyclic) bond motifs is 2. The summed E-state index contributed by atoms with van der Waals surface area (Å²) in [7, 11) is 0. The van der Waals surface area contributed by atoms with E-state index in [1.165, 1.54) is 44.2 Å². The van der Waals surface area contributed by atoms with Gasteiger partial charge in [-0.15, -0.1) is 0 Å². The van der Waals surface area contributed by atoms with Gasteiger partial charge in [-0.2, -0.15) is 0 Å². The van der Waals surface area contributed by atoms with E-state index in [9.17, 15) is 0 Å². The summed E-state index contributed by atoms with van der Waals surface area (Å²) in [5, 5.41) is 3.71. The van der Waals surface area contributed by atoms with Crippen LogP contribution in [0.4, 0.5) is 11.5 Å². The molecule has 24 heavy (non-hydrogen) atoms. The Morgan fingerprint density at radius 3 is 2.50 bits per heavy atom. The Morgan fingerprint density at radius 2 is 1.88 bits per heavy atom. The highest BCUT2D eigenvalue weighted by Crippen LogP contribution is 2.56. The predicted octanol–water partition coefficient (Wildman–Crippen LogP) is 2.44. The van der Waals surface area contributed by atoms with E-state index in [0.717, 1.165) is 24.7 Å². The molecule has 0 aromatic carbocycles. The van der Waals surface area contributed by atoms with Gasteiger partial charge in [-0.25, -0.2) is 4.98 Å². The van der Waals surface area contributed by atoms with Crippen molar-refractivity contribution in [2.75, 3.05) is 23.4 Å². The number of hydrogen-bond acceptors (Lipinski definition) is 5. The number of anilines is 2. The lowest BCUT2D eigenvalue weighted by Crippen LogP contribution is -2.57. The Kier molecular flexibility index (Phi) is 3.33. The van der Waals surface area contributed by atoms with Gasteiger partial charge in [0.2, 0.25) is 0 Å². The van der Waals surface area contributed by atoms with Gasteiger partial charge in [0.1, 0.15) is 5.82 Å². The number of nitrogens with zero attached hydrogens (tertiary/aromatic N) is 2. The monoisotopic (exact) mass is 328 g/mol. The molecule has 2 bridgehead atoms. The topological polar surface area (TPSA) is 63.4 Å². The zero-order valence-electron chi connectivity index (χ0n) is 14.5. The maximum atomic E-state index is 5.96. The summed E-state index contributed by atoms with van der Waals surface area (Å²) < 4.78 is 5.69. The first-order chi connectivity index (χ1) is 11.6. The van der Waals surface area contributed by atoms with E-state index in [1.807, 2.05) is 0 Å². The van der Waals surface area contributed by atoms with Gasteiger partial charge in [0.05, 0.1) is 36.7 Å². The fourth-order valence-corrected chi connectivity index (χ4v) is 5.54. The highest BCUT2D eigenvalue weighted by Gasteiger charge is 2.51. The molecule has 2 saturated carbocycles. The minimum Gasteiger partial charge on any atom is -0.381 e. The lowest BCUT2D eigenvalue weighted by Gasteiger charge is -2.57. The molecular formula is C19H28N4O. The molecule has 2 saturated heterocycles. The van der Waals surface area contributed by atoms with Crippen molar-refractivity contribution in [2.24, 2.45) is 11.1 Å². The molecule has 4 aliphatic rings. The second-order valence-electron chi connectivity index (χ2n) is 8.55. The van der Waals surface area contributed by atoms with Crippen LogP contribution < -0.4 is 16.0 Å². The largest absolute Gasteiger partial charge is 0.381 e. The van der Waals surface area contributed by atoms with E-state index in [-0.39, 0.29) is 0 Å². The quantitative estimate of drug-likeness (QED) is 0.892.